The van der Waals surface area contributed by atoms with Gasteiger partial charge in [0.25, 0.3) is 5.91 Å². The number of amides is 1. The highest BCUT2D eigenvalue weighted by molar-refractivity contribution is 6.30. The molecule has 3 atom stereocenters. The van der Waals surface area contributed by atoms with Gasteiger partial charge < -0.3 is 10.2 Å². The zero-order valence-electron chi connectivity index (χ0n) is 10.3. The molecule has 0 spiro atoms. The Bertz CT molecular complexity index is 462. The van der Waals surface area contributed by atoms with E-state index in [0.717, 1.165) is 19.5 Å². The highest BCUT2D eigenvalue weighted by Gasteiger charge is 2.44. The van der Waals surface area contributed by atoms with Crippen molar-refractivity contribution in [2.45, 2.75) is 25.4 Å². The molecule has 1 aromatic rings. The molecule has 3 rings (SSSR count). The number of fused-ring (bicyclic) bond motifs is 1. The Morgan fingerprint density at radius 1 is 1.50 bits per heavy atom. The Balaban J connectivity index is 1.85. The molecule has 18 heavy (non-hydrogen) atoms. The average molecular weight is 266 g/mol. The first kappa shape index (κ1) is 11.9. The number of pyridine rings is 1. The van der Waals surface area contributed by atoms with Crippen molar-refractivity contribution in [3.8, 4) is 0 Å². The molecule has 2 saturated heterocycles. The quantitative estimate of drug-likeness (QED) is 0.838. The molecule has 3 heterocycles. The van der Waals surface area contributed by atoms with Gasteiger partial charge in [-0.15, -0.1) is 0 Å². The molecule has 2 aliphatic heterocycles. The second-order valence-electron chi connectivity index (χ2n) is 5.14. The minimum atomic E-state index is 0.0235. The van der Waals surface area contributed by atoms with Crippen LogP contribution in [0.2, 0.25) is 5.02 Å². The Hall–Kier alpha value is -1.13. The maximum Gasteiger partial charge on any atom is 0.272 e. The highest BCUT2D eigenvalue weighted by atomic mass is 35.5. The molecule has 1 N–H and O–H groups in total. The van der Waals surface area contributed by atoms with Crippen LogP contribution in [0.3, 0.4) is 0 Å². The number of carbonyl (C=O) groups excluding carboxylic acids is 1. The van der Waals surface area contributed by atoms with Crippen molar-refractivity contribution < 1.29 is 4.79 Å². The van der Waals surface area contributed by atoms with Crippen molar-refractivity contribution in [2.24, 2.45) is 5.92 Å². The van der Waals surface area contributed by atoms with Crippen LogP contribution in [0, 0.1) is 5.92 Å². The predicted molar refractivity (Wildman–Crippen MR) is 69.6 cm³/mol. The minimum absolute atomic E-state index is 0.0235. The van der Waals surface area contributed by atoms with Crippen molar-refractivity contribution in [3.05, 3.63) is 29.0 Å². The van der Waals surface area contributed by atoms with E-state index in [1.807, 2.05) is 4.90 Å². The van der Waals surface area contributed by atoms with Gasteiger partial charge in [-0.25, -0.2) is 4.98 Å². The molecule has 96 valence electrons. The van der Waals surface area contributed by atoms with Crippen LogP contribution in [-0.4, -0.2) is 41.0 Å². The first-order valence-corrected chi connectivity index (χ1v) is 6.69. The summed E-state index contributed by atoms with van der Waals surface area (Å²) in [6.45, 7) is 4.04. The Labute approximate surface area is 111 Å². The van der Waals surface area contributed by atoms with Crippen molar-refractivity contribution in [1.82, 2.24) is 15.2 Å². The molecule has 0 saturated carbocycles. The standard InChI is InChI=1S/C13H16ClN3O/c1-8-4-9-5-15-7-12(9)17(8)13(18)11-3-2-10(14)6-16-11/h2-3,6,8-9,12,15H,4-5,7H2,1H3. The molecule has 1 amide bonds. The second-order valence-corrected chi connectivity index (χ2v) is 5.58. The Kier molecular flexibility index (Phi) is 2.99. The zero-order valence-corrected chi connectivity index (χ0v) is 11.0. The normalized spacial score (nSPS) is 30.6. The number of nitrogens with one attached hydrogen (secondary N) is 1. The summed E-state index contributed by atoms with van der Waals surface area (Å²) < 4.78 is 0. The number of rotatable bonds is 1. The van der Waals surface area contributed by atoms with Crippen LogP contribution in [0.1, 0.15) is 23.8 Å². The highest BCUT2D eigenvalue weighted by Crippen LogP contribution is 2.33. The molecule has 4 nitrogen and oxygen atoms in total. The van der Waals surface area contributed by atoms with Gasteiger partial charge in [0.15, 0.2) is 0 Å². The van der Waals surface area contributed by atoms with Crippen molar-refractivity contribution in [2.75, 3.05) is 13.1 Å². The first-order valence-electron chi connectivity index (χ1n) is 6.32. The lowest BCUT2D eigenvalue weighted by molar-refractivity contribution is 0.0676. The van der Waals surface area contributed by atoms with Gasteiger partial charge in [0.2, 0.25) is 0 Å². The number of hydrogen-bond acceptors (Lipinski definition) is 3. The fourth-order valence-electron chi connectivity index (χ4n) is 3.15. The summed E-state index contributed by atoms with van der Waals surface area (Å²) in [6, 6.07) is 4.04. The summed E-state index contributed by atoms with van der Waals surface area (Å²) >= 11 is 5.80. The molecule has 0 aliphatic carbocycles. The lowest BCUT2D eigenvalue weighted by Crippen LogP contribution is -2.43. The van der Waals surface area contributed by atoms with E-state index in [1.165, 1.54) is 6.20 Å². The zero-order chi connectivity index (χ0) is 12.7. The third-order valence-electron chi connectivity index (χ3n) is 3.96. The SMILES string of the molecule is CC1CC2CNCC2N1C(=O)c1ccc(Cl)cn1. The van der Waals surface area contributed by atoms with Crippen molar-refractivity contribution in [1.29, 1.82) is 0 Å². The topological polar surface area (TPSA) is 45.2 Å². The summed E-state index contributed by atoms with van der Waals surface area (Å²) in [4.78, 5) is 18.6. The molecule has 0 radical (unpaired) electrons. The van der Waals surface area contributed by atoms with E-state index in [2.05, 4.69) is 17.2 Å². The third-order valence-corrected chi connectivity index (χ3v) is 4.18. The van der Waals surface area contributed by atoms with Gasteiger partial charge in [0.1, 0.15) is 5.69 Å². The van der Waals surface area contributed by atoms with Crippen LogP contribution in [0.25, 0.3) is 0 Å². The second kappa shape index (κ2) is 4.52. The maximum absolute atomic E-state index is 12.5. The van der Waals surface area contributed by atoms with Crippen LogP contribution >= 0.6 is 11.6 Å². The third kappa shape index (κ3) is 1.89. The van der Waals surface area contributed by atoms with Crippen molar-refractivity contribution >= 4 is 17.5 Å². The van der Waals surface area contributed by atoms with E-state index in [0.29, 0.717) is 28.7 Å². The molecule has 3 unspecified atom stereocenters. The molecule has 0 bridgehead atoms. The van der Waals surface area contributed by atoms with Crippen LogP contribution in [-0.2, 0) is 0 Å². The fourth-order valence-corrected chi connectivity index (χ4v) is 3.26. The summed E-state index contributed by atoms with van der Waals surface area (Å²) in [7, 11) is 0. The fraction of sp³-hybridized carbons (Fsp3) is 0.538. The van der Waals surface area contributed by atoms with E-state index < -0.39 is 0 Å². The van der Waals surface area contributed by atoms with Crippen LogP contribution in [0.15, 0.2) is 18.3 Å². The average Bonchev–Trinajstić information content (AvgIpc) is 2.89. The van der Waals surface area contributed by atoms with E-state index in [9.17, 15) is 4.79 Å². The Morgan fingerprint density at radius 3 is 3.06 bits per heavy atom. The van der Waals surface area contributed by atoms with Crippen molar-refractivity contribution in [3.63, 3.8) is 0 Å². The van der Waals surface area contributed by atoms with E-state index >= 15 is 0 Å². The smallest absolute Gasteiger partial charge is 0.272 e. The number of nitrogens with zero attached hydrogens (tertiary/aromatic N) is 2. The van der Waals surface area contributed by atoms with Gasteiger partial charge in [-0.1, -0.05) is 11.6 Å². The van der Waals surface area contributed by atoms with Gasteiger partial charge in [0, 0.05) is 31.4 Å². The molecule has 5 heteroatoms. The van der Waals surface area contributed by atoms with Crippen LogP contribution in [0.5, 0.6) is 0 Å². The van der Waals surface area contributed by atoms with Crippen LogP contribution < -0.4 is 5.32 Å². The van der Waals surface area contributed by atoms with Gasteiger partial charge in [-0.2, -0.15) is 0 Å². The molecular formula is C13H16ClN3O. The number of hydrogen-bond donors (Lipinski definition) is 1. The van der Waals surface area contributed by atoms with Gasteiger partial charge >= 0.3 is 0 Å². The molecular weight excluding hydrogens is 250 g/mol. The summed E-state index contributed by atoms with van der Waals surface area (Å²) in [5, 5.41) is 3.91. The predicted octanol–water partition coefficient (Wildman–Crippen LogP) is 1.56. The summed E-state index contributed by atoms with van der Waals surface area (Å²) in [5.74, 6) is 0.617. The molecule has 1 aromatic heterocycles. The maximum atomic E-state index is 12.5. The monoisotopic (exact) mass is 265 g/mol. The van der Waals surface area contributed by atoms with E-state index in [1.54, 1.807) is 12.1 Å². The number of likely N-dealkylation sites (tertiary alicyclic amines) is 1. The number of carbonyl (C=O) groups is 1. The van der Waals surface area contributed by atoms with E-state index in [-0.39, 0.29) is 5.91 Å². The number of halogens is 1. The first-order chi connectivity index (χ1) is 8.66. The van der Waals surface area contributed by atoms with Gasteiger partial charge in [0.05, 0.1) is 5.02 Å². The van der Waals surface area contributed by atoms with Gasteiger partial charge in [-0.05, 0) is 31.4 Å². The molecule has 2 aliphatic rings. The summed E-state index contributed by atoms with van der Waals surface area (Å²) in [5.41, 5.74) is 0.485. The minimum Gasteiger partial charge on any atom is -0.330 e. The van der Waals surface area contributed by atoms with Gasteiger partial charge in [-0.3, -0.25) is 4.79 Å². The molecule has 2 fully saturated rings. The number of aromatic nitrogens is 1. The molecule has 0 aromatic carbocycles. The van der Waals surface area contributed by atoms with Crippen LogP contribution in [0.4, 0.5) is 0 Å². The lowest BCUT2D eigenvalue weighted by atomic mass is 10.0. The van der Waals surface area contributed by atoms with E-state index in [4.69, 9.17) is 11.6 Å². The largest absolute Gasteiger partial charge is 0.330 e. The summed E-state index contributed by atoms with van der Waals surface area (Å²) in [6.07, 6.45) is 2.61. The lowest BCUT2D eigenvalue weighted by Gasteiger charge is -2.27. The Morgan fingerprint density at radius 2 is 2.33 bits per heavy atom.